The van der Waals surface area contributed by atoms with Crippen molar-refractivity contribution in [2.75, 3.05) is 0 Å². The summed E-state index contributed by atoms with van der Waals surface area (Å²) in [5.74, 6) is 0.948. The smallest absolute Gasteiger partial charge is 0.244 e. The second kappa shape index (κ2) is 5.26. The fourth-order valence-corrected chi connectivity index (χ4v) is 2.00. The summed E-state index contributed by atoms with van der Waals surface area (Å²) < 4.78 is 6.93. The highest BCUT2D eigenvalue weighted by atomic mass is 16.5. The molecule has 0 saturated heterocycles. The van der Waals surface area contributed by atoms with Gasteiger partial charge in [0.15, 0.2) is 0 Å². The van der Waals surface area contributed by atoms with Crippen LogP contribution >= 0.6 is 0 Å². The Morgan fingerprint density at radius 2 is 2.10 bits per heavy atom. The molecule has 0 unspecified atom stereocenters. The van der Waals surface area contributed by atoms with Crippen molar-refractivity contribution in [1.82, 2.24) is 19.9 Å². The molecule has 3 aromatic rings. The standard InChI is InChI=1S/C14H15N5O/c1-19-9-11(8-16-19)13-17-14(20-18-13)12(15)7-10-5-3-2-4-6-10/h2-6,8-9,12H,7,15H2,1H3/t12-/m0/s1. The average molecular weight is 269 g/mol. The van der Waals surface area contributed by atoms with Gasteiger partial charge in [-0.1, -0.05) is 35.5 Å². The van der Waals surface area contributed by atoms with E-state index in [2.05, 4.69) is 15.2 Å². The third-order valence-electron chi connectivity index (χ3n) is 3.02. The van der Waals surface area contributed by atoms with Crippen LogP contribution in [0.4, 0.5) is 0 Å². The van der Waals surface area contributed by atoms with Crippen LogP contribution in [0.1, 0.15) is 17.5 Å². The van der Waals surface area contributed by atoms with Crippen LogP contribution in [0, 0.1) is 0 Å². The lowest BCUT2D eigenvalue weighted by Gasteiger charge is -2.05. The van der Waals surface area contributed by atoms with E-state index in [0.717, 1.165) is 11.1 Å². The van der Waals surface area contributed by atoms with E-state index < -0.39 is 0 Å². The van der Waals surface area contributed by atoms with Crippen LogP contribution in [-0.4, -0.2) is 19.9 Å². The monoisotopic (exact) mass is 269 g/mol. The Kier molecular flexibility index (Phi) is 3.30. The predicted octanol–water partition coefficient (Wildman–Crippen LogP) is 1.71. The zero-order valence-electron chi connectivity index (χ0n) is 11.1. The molecule has 2 N–H and O–H groups in total. The molecular weight excluding hydrogens is 254 g/mol. The molecule has 0 aliphatic carbocycles. The van der Waals surface area contributed by atoms with Crippen molar-refractivity contribution >= 4 is 0 Å². The van der Waals surface area contributed by atoms with Crippen molar-refractivity contribution in [3.63, 3.8) is 0 Å². The summed E-state index contributed by atoms with van der Waals surface area (Å²) in [4.78, 5) is 4.33. The van der Waals surface area contributed by atoms with E-state index in [1.807, 2.05) is 43.6 Å². The van der Waals surface area contributed by atoms with E-state index in [9.17, 15) is 0 Å². The van der Waals surface area contributed by atoms with E-state index in [0.29, 0.717) is 18.1 Å². The van der Waals surface area contributed by atoms with Gasteiger partial charge in [-0.2, -0.15) is 10.1 Å². The van der Waals surface area contributed by atoms with Gasteiger partial charge in [-0.05, 0) is 12.0 Å². The number of aryl methyl sites for hydroxylation is 1. The fraction of sp³-hybridized carbons (Fsp3) is 0.214. The molecule has 2 heterocycles. The zero-order chi connectivity index (χ0) is 13.9. The van der Waals surface area contributed by atoms with E-state index in [-0.39, 0.29) is 6.04 Å². The molecule has 6 nitrogen and oxygen atoms in total. The Labute approximate surface area is 116 Å². The van der Waals surface area contributed by atoms with Crippen LogP contribution in [0.15, 0.2) is 47.2 Å². The lowest BCUT2D eigenvalue weighted by atomic mass is 10.1. The van der Waals surface area contributed by atoms with Gasteiger partial charge in [0.2, 0.25) is 11.7 Å². The number of nitrogens with zero attached hydrogens (tertiary/aromatic N) is 4. The molecule has 0 amide bonds. The quantitative estimate of drug-likeness (QED) is 0.779. The Balaban J connectivity index is 1.76. The maximum absolute atomic E-state index is 6.11. The number of benzene rings is 1. The van der Waals surface area contributed by atoms with E-state index in [4.69, 9.17) is 10.3 Å². The number of nitrogens with two attached hydrogens (primary N) is 1. The molecule has 0 radical (unpaired) electrons. The largest absolute Gasteiger partial charge is 0.337 e. The van der Waals surface area contributed by atoms with Crippen molar-refractivity contribution in [2.24, 2.45) is 12.8 Å². The first-order valence-corrected chi connectivity index (χ1v) is 6.34. The summed E-state index contributed by atoms with van der Waals surface area (Å²) in [6.45, 7) is 0. The van der Waals surface area contributed by atoms with Crippen molar-refractivity contribution in [2.45, 2.75) is 12.5 Å². The Hall–Kier alpha value is -2.47. The molecule has 0 fully saturated rings. The van der Waals surface area contributed by atoms with Gasteiger partial charge < -0.3 is 10.3 Å². The topological polar surface area (TPSA) is 82.8 Å². The molecular formula is C14H15N5O. The molecule has 102 valence electrons. The summed E-state index contributed by atoms with van der Waals surface area (Å²) in [5.41, 5.74) is 8.06. The number of aromatic nitrogens is 4. The third kappa shape index (κ3) is 2.60. The normalized spacial score (nSPS) is 12.5. The Bertz CT molecular complexity index is 688. The third-order valence-corrected chi connectivity index (χ3v) is 3.02. The van der Waals surface area contributed by atoms with Crippen molar-refractivity contribution in [3.8, 4) is 11.4 Å². The van der Waals surface area contributed by atoms with Gasteiger partial charge in [-0.3, -0.25) is 4.68 Å². The van der Waals surface area contributed by atoms with Crippen LogP contribution in [0.3, 0.4) is 0 Å². The summed E-state index contributed by atoms with van der Waals surface area (Å²) in [5, 5.41) is 8.02. The molecule has 20 heavy (non-hydrogen) atoms. The summed E-state index contributed by atoms with van der Waals surface area (Å²) >= 11 is 0. The van der Waals surface area contributed by atoms with E-state index in [1.54, 1.807) is 10.9 Å². The van der Waals surface area contributed by atoms with Gasteiger partial charge in [0.05, 0.1) is 17.8 Å². The minimum Gasteiger partial charge on any atom is -0.337 e. The predicted molar refractivity (Wildman–Crippen MR) is 73.6 cm³/mol. The summed E-state index contributed by atoms with van der Waals surface area (Å²) in [7, 11) is 1.84. The highest BCUT2D eigenvalue weighted by Gasteiger charge is 2.16. The molecule has 0 saturated carbocycles. The second-order valence-electron chi connectivity index (χ2n) is 4.66. The maximum atomic E-state index is 6.11. The first kappa shape index (κ1) is 12.6. The number of rotatable bonds is 4. The van der Waals surface area contributed by atoms with E-state index >= 15 is 0 Å². The van der Waals surface area contributed by atoms with Crippen molar-refractivity contribution in [3.05, 3.63) is 54.2 Å². The molecule has 3 rings (SSSR count). The molecule has 0 aliphatic heterocycles. The van der Waals surface area contributed by atoms with Crippen molar-refractivity contribution < 1.29 is 4.52 Å². The molecule has 1 aromatic carbocycles. The van der Waals surface area contributed by atoms with Crippen LogP contribution < -0.4 is 5.73 Å². The lowest BCUT2D eigenvalue weighted by Crippen LogP contribution is -2.13. The minimum atomic E-state index is -0.310. The van der Waals surface area contributed by atoms with Crippen LogP contribution in [-0.2, 0) is 13.5 Å². The summed E-state index contributed by atoms with van der Waals surface area (Å²) in [6, 6.07) is 9.68. The lowest BCUT2D eigenvalue weighted by molar-refractivity contribution is 0.354. The zero-order valence-corrected chi connectivity index (χ0v) is 11.1. The summed E-state index contributed by atoms with van der Waals surface area (Å²) in [6.07, 6.45) is 4.18. The van der Waals surface area contributed by atoms with Crippen LogP contribution in [0.25, 0.3) is 11.4 Å². The van der Waals surface area contributed by atoms with Gasteiger partial charge in [0.1, 0.15) is 0 Å². The Morgan fingerprint density at radius 3 is 2.80 bits per heavy atom. The second-order valence-corrected chi connectivity index (χ2v) is 4.66. The number of hydrogen-bond donors (Lipinski definition) is 1. The highest BCUT2D eigenvalue weighted by molar-refractivity contribution is 5.51. The maximum Gasteiger partial charge on any atom is 0.244 e. The van der Waals surface area contributed by atoms with Gasteiger partial charge in [0, 0.05) is 13.2 Å². The van der Waals surface area contributed by atoms with Crippen LogP contribution in [0.2, 0.25) is 0 Å². The van der Waals surface area contributed by atoms with Gasteiger partial charge >= 0.3 is 0 Å². The fourth-order valence-electron chi connectivity index (χ4n) is 2.00. The minimum absolute atomic E-state index is 0.310. The van der Waals surface area contributed by atoms with E-state index in [1.165, 1.54) is 0 Å². The molecule has 1 atom stereocenters. The van der Waals surface area contributed by atoms with Crippen molar-refractivity contribution in [1.29, 1.82) is 0 Å². The highest BCUT2D eigenvalue weighted by Crippen LogP contribution is 2.19. The first-order valence-electron chi connectivity index (χ1n) is 6.34. The molecule has 2 aromatic heterocycles. The SMILES string of the molecule is Cn1cc(-c2noc([C@@H](N)Cc3ccccc3)n2)cn1. The first-order chi connectivity index (χ1) is 9.72. The number of hydrogen-bond acceptors (Lipinski definition) is 5. The van der Waals surface area contributed by atoms with Gasteiger partial charge in [-0.15, -0.1) is 0 Å². The molecule has 0 aliphatic rings. The van der Waals surface area contributed by atoms with Crippen LogP contribution in [0.5, 0.6) is 0 Å². The Morgan fingerprint density at radius 1 is 1.30 bits per heavy atom. The average Bonchev–Trinajstić information content (AvgIpc) is 3.08. The molecule has 0 bridgehead atoms. The molecule has 6 heteroatoms. The van der Waals surface area contributed by atoms with Gasteiger partial charge in [-0.25, -0.2) is 0 Å². The molecule has 0 spiro atoms. The van der Waals surface area contributed by atoms with Gasteiger partial charge in [0.25, 0.3) is 0 Å².